The molecule has 0 saturated heterocycles. The van der Waals surface area contributed by atoms with Gasteiger partial charge in [0.25, 0.3) is 5.91 Å². The third-order valence-corrected chi connectivity index (χ3v) is 5.37. The highest BCUT2D eigenvalue weighted by atomic mass is 35.5. The van der Waals surface area contributed by atoms with E-state index in [9.17, 15) is 9.59 Å². The van der Waals surface area contributed by atoms with Crippen molar-refractivity contribution in [1.29, 1.82) is 0 Å². The molecule has 2 aromatic rings. The zero-order chi connectivity index (χ0) is 22.1. The van der Waals surface area contributed by atoms with Crippen LogP contribution in [0.2, 0.25) is 10.0 Å². The normalized spacial score (nSPS) is 11.6. The fourth-order valence-electron chi connectivity index (χ4n) is 2.90. The van der Waals surface area contributed by atoms with Gasteiger partial charge in [0.05, 0.1) is 5.02 Å². The van der Waals surface area contributed by atoms with Crippen LogP contribution in [0.25, 0.3) is 0 Å². The highest BCUT2D eigenvalue weighted by Gasteiger charge is 2.26. The average molecular weight is 451 g/mol. The first-order valence-electron chi connectivity index (χ1n) is 10.0. The van der Waals surface area contributed by atoms with Crippen LogP contribution in [0.5, 0.6) is 5.75 Å². The quantitative estimate of drug-likeness (QED) is 0.517. The van der Waals surface area contributed by atoms with Gasteiger partial charge in [0.15, 0.2) is 6.61 Å². The van der Waals surface area contributed by atoms with Gasteiger partial charge in [-0.25, -0.2) is 0 Å². The number of nitrogens with one attached hydrogen (secondary N) is 1. The zero-order valence-corrected chi connectivity index (χ0v) is 19.1. The maximum Gasteiger partial charge on any atom is 0.261 e. The fraction of sp³-hybridized carbons (Fsp3) is 0.391. The van der Waals surface area contributed by atoms with Crippen LogP contribution in [0.4, 0.5) is 0 Å². The summed E-state index contributed by atoms with van der Waals surface area (Å²) in [4.78, 5) is 27.2. The summed E-state index contributed by atoms with van der Waals surface area (Å²) >= 11 is 12.0. The molecule has 0 heterocycles. The summed E-state index contributed by atoms with van der Waals surface area (Å²) in [7, 11) is 0. The number of carbonyl (C=O) groups excluding carboxylic acids is 2. The Morgan fingerprint density at radius 2 is 1.90 bits per heavy atom. The first-order valence-corrected chi connectivity index (χ1v) is 10.8. The minimum Gasteiger partial charge on any atom is -0.482 e. The number of ether oxygens (including phenoxy) is 1. The molecule has 0 aliphatic rings. The number of hydrogen-bond donors (Lipinski definition) is 1. The first-order chi connectivity index (χ1) is 14.3. The number of halogens is 2. The number of nitrogens with zero attached hydrogens (tertiary/aromatic N) is 1. The van der Waals surface area contributed by atoms with Gasteiger partial charge in [-0.05, 0) is 49.6 Å². The monoisotopic (exact) mass is 450 g/mol. The zero-order valence-electron chi connectivity index (χ0n) is 17.6. The molecule has 0 spiro atoms. The molecule has 7 heteroatoms. The number of hydrogen-bond acceptors (Lipinski definition) is 3. The molecule has 0 fully saturated rings. The third kappa shape index (κ3) is 6.92. The van der Waals surface area contributed by atoms with Crippen LogP contribution in [0, 0.1) is 6.92 Å². The Labute approximate surface area is 188 Å². The maximum atomic E-state index is 13.0. The fourth-order valence-corrected chi connectivity index (χ4v) is 3.37. The van der Waals surface area contributed by atoms with E-state index in [1.165, 1.54) is 4.90 Å². The second-order valence-electron chi connectivity index (χ2n) is 7.13. The summed E-state index contributed by atoms with van der Waals surface area (Å²) in [5.41, 5.74) is 2.03. The molecule has 5 nitrogen and oxygen atoms in total. The molecule has 0 aliphatic carbocycles. The van der Waals surface area contributed by atoms with Crippen LogP contribution < -0.4 is 10.1 Å². The minimum absolute atomic E-state index is 0.185. The lowest BCUT2D eigenvalue weighted by Gasteiger charge is -2.29. The second kappa shape index (κ2) is 11.8. The SMILES string of the molecule is CCCCNC(=O)[C@H](C)N(Cc1ccccc1C)C(=O)COc1ccc(Cl)cc1Cl. The van der Waals surface area contributed by atoms with E-state index in [1.807, 2.05) is 31.2 Å². The highest BCUT2D eigenvalue weighted by molar-refractivity contribution is 6.35. The van der Waals surface area contributed by atoms with E-state index in [0.717, 1.165) is 24.0 Å². The van der Waals surface area contributed by atoms with Gasteiger partial charge in [-0.1, -0.05) is 60.8 Å². The molecular weight excluding hydrogens is 423 g/mol. The van der Waals surface area contributed by atoms with Gasteiger partial charge in [0, 0.05) is 18.1 Å². The number of unbranched alkanes of at least 4 members (excludes halogenated alkanes) is 1. The predicted molar refractivity (Wildman–Crippen MR) is 121 cm³/mol. The molecule has 2 rings (SSSR count). The molecule has 1 N–H and O–H groups in total. The molecule has 0 aliphatic heterocycles. The number of rotatable bonds is 10. The van der Waals surface area contributed by atoms with Crippen molar-refractivity contribution in [2.24, 2.45) is 0 Å². The highest BCUT2D eigenvalue weighted by Crippen LogP contribution is 2.27. The summed E-state index contributed by atoms with van der Waals surface area (Å²) in [6.45, 7) is 6.43. The largest absolute Gasteiger partial charge is 0.482 e. The van der Waals surface area contributed by atoms with Crippen molar-refractivity contribution in [3.05, 3.63) is 63.6 Å². The van der Waals surface area contributed by atoms with E-state index in [1.54, 1.807) is 25.1 Å². The van der Waals surface area contributed by atoms with Gasteiger partial charge < -0.3 is 15.0 Å². The molecule has 0 bridgehead atoms. The van der Waals surface area contributed by atoms with Crippen molar-refractivity contribution in [2.75, 3.05) is 13.2 Å². The summed E-state index contributed by atoms with van der Waals surface area (Å²) in [5.74, 6) is -0.123. The molecular formula is C23H28Cl2N2O3. The van der Waals surface area contributed by atoms with E-state index in [-0.39, 0.29) is 18.4 Å². The number of amides is 2. The number of benzene rings is 2. The van der Waals surface area contributed by atoms with Crippen molar-refractivity contribution in [3.8, 4) is 5.75 Å². The van der Waals surface area contributed by atoms with Gasteiger partial charge >= 0.3 is 0 Å². The Morgan fingerprint density at radius 3 is 2.57 bits per heavy atom. The van der Waals surface area contributed by atoms with E-state index in [4.69, 9.17) is 27.9 Å². The van der Waals surface area contributed by atoms with E-state index in [0.29, 0.717) is 28.9 Å². The van der Waals surface area contributed by atoms with Crippen LogP contribution in [0.1, 0.15) is 37.8 Å². The minimum atomic E-state index is -0.641. The van der Waals surface area contributed by atoms with Crippen molar-refractivity contribution in [3.63, 3.8) is 0 Å². The van der Waals surface area contributed by atoms with Crippen molar-refractivity contribution in [2.45, 2.75) is 46.2 Å². The molecule has 0 aromatic heterocycles. The van der Waals surface area contributed by atoms with E-state index < -0.39 is 6.04 Å². The van der Waals surface area contributed by atoms with Gasteiger partial charge in [-0.2, -0.15) is 0 Å². The molecule has 0 radical (unpaired) electrons. The van der Waals surface area contributed by atoms with Crippen LogP contribution in [-0.2, 0) is 16.1 Å². The summed E-state index contributed by atoms with van der Waals surface area (Å²) in [5, 5.41) is 3.71. The predicted octanol–water partition coefficient (Wildman–Crippen LogP) is 5.01. The van der Waals surface area contributed by atoms with Crippen molar-refractivity contribution in [1.82, 2.24) is 10.2 Å². The van der Waals surface area contributed by atoms with Crippen molar-refractivity contribution < 1.29 is 14.3 Å². The lowest BCUT2D eigenvalue weighted by atomic mass is 10.1. The van der Waals surface area contributed by atoms with Crippen LogP contribution in [0.3, 0.4) is 0 Å². The van der Waals surface area contributed by atoms with Gasteiger partial charge in [0.2, 0.25) is 5.91 Å². The van der Waals surface area contributed by atoms with Crippen LogP contribution in [-0.4, -0.2) is 35.9 Å². The van der Waals surface area contributed by atoms with Gasteiger partial charge in [0.1, 0.15) is 11.8 Å². The molecule has 30 heavy (non-hydrogen) atoms. The summed E-state index contributed by atoms with van der Waals surface area (Å²) in [6.07, 6.45) is 1.87. The molecule has 1 atom stereocenters. The molecule has 0 unspecified atom stereocenters. The topological polar surface area (TPSA) is 58.6 Å². The lowest BCUT2D eigenvalue weighted by Crippen LogP contribution is -2.49. The Hall–Kier alpha value is -2.24. The Morgan fingerprint density at radius 1 is 1.17 bits per heavy atom. The van der Waals surface area contributed by atoms with E-state index >= 15 is 0 Å². The molecule has 2 aromatic carbocycles. The Balaban J connectivity index is 2.15. The maximum absolute atomic E-state index is 13.0. The summed E-state index contributed by atoms with van der Waals surface area (Å²) in [6, 6.07) is 12.0. The third-order valence-electron chi connectivity index (χ3n) is 4.84. The van der Waals surface area contributed by atoms with Crippen LogP contribution in [0.15, 0.2) is 42.5 Å². The van der Waals surface area contributed by atoms with Gasteiger partial charge in [-0.15, -0.1) is 0 Å². The molecule has 2 amide bonds. The standard InChI is InChI=1S/C23H28Cl2N2O3/c1-4-5-12-26-23(29)17(3)27(14-18-9-7-6-8-16(18)2)22(28)15-30-21-11-10-19(24)13-20(21)25/h6-11,13,17H,4-5,12,14-15H2,1-3H3,(H,26,29)/t17-/m0/s1. The first kappa shape index (κ1) is 24.0. The Bertz CT molecular complexity index is 873. The van der Waals surface area contributed by atoms with Crippen LogP contribution >= 0.6 is 23.2 Å². The Kier molecular flexibility index (Phi) is 9.47. The van der Waals surface area contributed by atoms with Gasteiger partial charge in [-0.3, -0.25) is 9.59 Å². The second-order valence-corrected chi connectivity index (χ2v) is 7.98. The summed E-state index contributed by atoms with van der Waals surface area (Å²) < 4.78 is 5.62. The van der Waals surface area contributed by atoms with E-state index in [2.05, 4.69) is 12.2 Å². The molecule has 162 valence electrons. The smallest absolute Gasteiger partial charge is 0.261 e. The number of aryl methyl sites for hydroxylation is 1. The number of carbonyl (C=O) groups is 2. The average Bonchev–Trinajstić information content (AvgIpc) is 2.72. The lowest BCUT2D eigenvalue weighted by molar-refractivity contribution is -0.142. The van der Waals surface area contributed by atoms with Crippen molar-refractivity contribution >= 4 is 35.0 Å². The molecule has 0 saturated carbocycles.